The summed E-state index contributed by atoms with van der Waals surface area (Å²) in [4.78, 5) is 19.0. The number of aryl methyl sites for hydroxylation is 1. The number of carbonyl (C=O) groups excluding carboxylic acids is 1. The monoisotopic (exact) mass is 403 g/mol. The quantitative estimate of drug-likeness (QED) is 0.523. The predicted molar refractivity (Wildman–Crippen MR) is 107 cm³/mol. The molecule has 0 fully saturated rings. The van der Waals surface area contributed by atoms with Gasteiger partial charge in [0.1, 0.15) is 5.82 Å². The molecule has 0 atom stereocenters. The molecule has 0 spiro atoms. The van der Waals surface area contributed by atoms with E-state index < -0.39 is 5.82 Å². The van der Waals surface area contributed by atoms with Gasteiger partial charge in [0.05, 0.1) is 12.1 Å². The fourth-order valence-electron chi connectivity index (χ4n) is 3.77. The van der Waals surface area contributed by atoms with Gasteiger partial charge < -0.3 is 9.42 Å². The van der Waals surface area contributed by atoms with Gasteiger partial charge >= 0.3 is 0 Å². The molecular formula is C22H18FN5O2. The summed E-state index contributed by atoms with van der Waals surface area (Å²) in [5.41, 5.74) is 3.30. The summed E-state index contributed by atoms with van der Waals surface area (Å²) < 4.78 is 21.4. The molecule has 4 aromatic rings. The van der Waals surface area contributed by atoms with E-state index in [0.29, 0.717) is 36.9 Å². The van der Waals surface area contributed by atoms with Crippen molar-refractivity contribution in [3.63, 3.8) is 0 Å². The van der Waals surface area contributed by atoms with E-state index in [4.69, 9.17) is 4.52 Å². The maximum Gasteiger partial charge on any atom is 0.279 e. The zero-order chi connectivity index (χ0) is 20.7. The molecule has 30 heavy (non-hydrogen) atoms. The Balaban J connectivity index is 1.48. The van der Waals surface area contributed by atoms with Gasteiger partial charge in [-0.15, -0.1) is 0 Å². The minimum absolute atomic E-state index is 0.0653. The van der Waals surface area contributed by atoms with Crippen molar-refractivity contribution in [1.82, 2.24) is 24.8 Å². The van der Waals surface area contributed by atoms with Gasteiger partial charge in [-0.05, 0) is 12.1 Å². The Labute approximate surface area is 171 Å². The molecule has 0 saturated heterocycles. The molecule has 150 valence electrons. The number of hydrogen-bond acceptors (Lipinski definition) is 5. The Hall–Kier alpha value is -3.81. The number of rotatable bonds is 3. The SMILES string of the molecule is Cn1nc(-c2nc(-c3ccccc3)no2)c2c1CCN(C(=O)c1ccccc1F)C2. The molecule has 0 bridgehead atoms. The molecule has 3 heterocycles. The largest absolute Gasteiger partial charge is 0.334 e. The topological polar surface area (TPSA) is 77.1 Å². The number of nitrogens with zero attached hydrogens (tertiary/aromatic N) is 5. The number of halogens is 1. The molecule has 0 saturated carbocycles. The first-order valence-corrected chi connectivity index (χ1v) is 9.60. The number of hydrogen-bond donors (Lipinski definition) is 0. The van der Waals surface area contributed by atoms with Gasteiger partial charge in [-0.25, -0.2) is 4.39 Å². The van der Waals surface area contributed by atoms with E-state index in [9.17, 15) is 9.18 Å². The number of benzene rings is 2. The van der Waals surface area contributed by atoms with E-state index in [1.807, 2.05) is 37.4 Å². The van der Waals surface area contributed by atoms with Crippen LogP contribution in [0.3, 0.4) is 0 Å². The van der Waals surface area contributed by atoms with E-state index in [-0.39, 0.29) is 11.5 Å². The van der Waals surface area contributed by atoms with E-state index >= 15 is 0 Å². The van der Waals surface area contributed by atoms with Crippen molar-refractivity contribution in [1.29, 1.82) is 0 Å². The first kappa shape index (κ1) is 18.2. The van der Waals surface area contributed by atoms with Crippen LogP contribution >= 0.6 is 0 Å². The van der Waals surface area contributed by atoms with Gasteiger partial charge in [0, 0.05) is 36.8 Å². The van der Waals surface area contributed by atoms with Gasteiger partial charge in [-0.2, -0.15) is 10.1 Å². The highest BCUT2D eigenvalue weighted by Crippen LogP contribution is 2.30. The lowest BCUT2D eigenvalue weighted by molar-refractivity contribution is 0.0729. The molecule has 0 unspecified atom stereocenters. The molecule has 7 nitrogen and oxygen atoms in total. The van der Waals surface area contributed by atoms with Gasteiger partial charge in [-0.3, -0.25) is 9.48 Å². The van der Waals surface area contributed by atoms with Crippen LogP contribution in [0, 0.1) is 5.82 Å². The molecule has 1 aliphatic heterocycles. The predicted octanol–water partition coefficient (Wildman–Crippen LogP) is 3.47. The Morgan fingerprint density at radius 2 is 1.87 bits per heavy atom. The molecule has 0 aliphatic carbocycles. The van der Waals surface area contributed by atoms with Crippen LogP contribution < -0.4 is 0 Å². The lowest BCUT2D eigenvalue weighted by Crippen LogP contribution is -2.36. The summed E-state index contributed by atoms with van der Waals surface area (Å²) in [6.07, 6.45) is 0.610. The van der Waals surface area contributed by atoms with Gasteiger partial charge in [0.2, 0.25) is 5.82 Å². The van der Waals surface area contributed by atoms with Crippen molar-refractivity contribution in [2.45, 2.75) is 13.0 Å². The number of fused-ring (bicyclic) bond motifs is 1. The van der Waals surface area contributed by atoms with E-state index in [1.165, 1.54) is 12.1 Å². The molecule has 1 aliphatic rings. The van der Waals surface area contributed by atoms with E-state index in [0.717, 1.165) is 16.8 Å². The third-order valence-electron chi connectivity index (χ3n) is 5.29. The van der Waals surface area contributed by atoms with E-state index in [1.54, 1.807) is 21.7 Å². The summed E-state index contributed by atoms with van der Waals surface area (Å²) in [6.45, 7) is 0.785. The van der Waals surface area contributed by atoms with Crippen LogP contribution in [0.15, 0.2) is 59.1 Å². The Morgan fingerprint density at radius 3 is 2.67 bits per heavy atom. The zero-order valence-corrected chi connectivity index (χ0v) is 16.2. The highest BCUT2D eigenvalue weighted by atomic mass is 19.1. The average Bonchev–Trinajstić information content (AvgIpc) is 3.39. The molecule has 5 rings (SSSR count). The van der Waals surface area contributed by atoms with Crippen molar-refractivity contribution in [3.8, 4) is 23.0 Å². The van der Waals surface area contributed by atoms with Gasteiger partial charge in [0.25, 0.3) is 11.8 Å². The average molecular weight is 403 g/mol. The summed E-state index contributed by atoms with van der Waals surface area (Å²) in [5.74, 6) is -0.0980. The lowest BCUT2D eigenvalue weighted by Gasteiger charge is -2.27. The van der Waals surface area contributed by atoms with Crippen molar-refractivity contribution in [2.24, 2.45) is 7.05 Å². The fraction of sp³-hybridized carbons (Fsp3) is 0.182. The highest BCUT2D eigenvalue weighted by molar-refractivity contribution is 5.94. The first-order chi connectivity index (χ1) is 14.6. The number of amides is 1. The molecular weight excluding hydrogens is 385 g/mol. The van der Waals surface area contributed by atoms with Gasteiger partial charge in [0.15, 0.2) is 5.69 Å². The molecule has 2 aromatic heterocycles. The van der Waals surface area contributed by atoms with Gasteiger partial charge in [-0.1, -0.05) is 47.6 Å². The molecule has 1 amide bonds. The second kappa shape index (κ2) is 7.22. The van der Waals surface area contributed by atoms with Crippen LogP contribution in [0.1, 0.15) is 21.6 Å². The zero-order valence-electron chi connectivity index (χ0n) is 16.2. The summed E-state index contributed by atoms with van der Waals surface area (Å²) in [6, 6.07) is 15.5. The Kier molecular flexibility index (Phi) is 4.39. The standard InChI is InChI=1S/C22H18FN5O2/c1-27-18-11-12-28(22(29)15-9-5-6-10-17(15)23)13-16(18)19(25-27)21-24-20(26-30-21)14-7-3-2-4-8-14/h2-10H,11-13H2,1H3. The maximum atomic E-state index is 14.1. The maximum absolute atomic E-state index is 14.1. The van der Waals surface area contributed by atoms with Crippen molar-refractivity contribution in [2.75, 3.05) is 6.54 Å². The van der Waals surface area contributed by atoms with Crippen molar-refractivity contribution in [3.05, 3.63) is 77.2 Å². The molecule has 2 aromatic carbocycles. The fourth-order valence-corrected chi connectivity index (χ4v) is 3.77. The Bertz CT molecular complexity index is 1230. The van der Waals surface area contributed by atoms with Crippen LogP contribution in [-0.2, 0) is 20.0 Å². The number of carbonyl (C=O) groups is 1. The Morgan fingerprint density at radius 1 is 1.10 bits per heavy atom. The first-order valence-electron chi connectivity index (χ1n) is 9.60. The van der Waals surface area contributed by atoms with Crippen LogP contribution in [0.4, 0.5) is 4.39 Å². The molecule has 0 radical (unpaired) electrons. The highest BCUT2D eigenvalue weighted by Gasteiger charge is 2.30. The van der Waals surface area contributed by atoms with Crippen LogP contribution in [-0.4, -0.2) is 37.3 Å². The van der Waals surface area contributed by atoms with Crippen molar-refractivity contribution >= 4 is 5.91 Å². The minimum Gasteiger partial charge on any atom is -0.334 e. The van der Waals surface area contributed by atoms with Crippen molar-refractivity contribution < 1.29 is 13.7 Å². The molecule has 0 N–H and O–H groups in total. The molecule has 8 heteroatoms. The summed E-state index contributed by atoms with van der Waals surface area (Å²) in [5, 5.41) is 8.63. The van der Waals surface area contributed by atoms with Crippen LogP contribution in [0.5, 0.6) is 0 Å². The third-order valence-corrected chi connectivity index (χ3v) is 5.29. The summed E-state index contributed by atoms with van der Waals surface area (Å²) in [7, 11) is 1.85. The lowest BCUT2D eigenvalue weighted by atomic mass is 10.0. The normalized spacial score (nSPS) is 13.3. The van der Waals surface area contributed by atoms with Crippen LogP contribution in [0.25, 0.3) is 23.0 Å². The van der Waals surface area contributed by atoms with Crippen LogP contribution in [0.2, 0.25) is 0 Å². The summed E-state index contributed by atoms with van der Waals surface area (Å²) >= 11 is 0. The second-order valence-corrected chi connectivity index (χ2v) is 7.14. The number of aromatic nitrogens is 4. The minimum atomic E-state index is -0.524. The van der Waals surface area contributed by atoms with E-state index in [2.05, 4.69) is 15.2 Å². The second-order valence-electron chi connectivity index (χ2n) is 7.14. The third kappa shape index (κ3) is 3.06. The smallest absolute Gasteiger partial charge is 0.279 e.